The van der Waals surface area contributed by atoms with Crippen molar-refractivity contribution in [3.05, 3.63) is 20.9 Å². The minimum Gasteiger partial charge on any atom is -0.393 e. The molecule has 0 aliphatic heterocycles. The van der Waals surface area contributed by atoms with Crippen molar-refractivity contribution in [1.29, 1.82) is 0 Å². The summed E-state index contributed by atoms with van der Waals surface area (Å²) in [6, 6.07) is 0. The summed E-state index contributed by atoms with van der Waals surface area (Å²) in [5.41, 5.74) is 16.5. The minimum absolute atomic E-state index is 0.134. The van der Waals surface area contributed by atoms with Crippen LogP contribution in [-0.4, -0.2) is 24.3 Å². The Hall–Kier alpha value is -1.42. The topological polar surface area (TPSA) is 118 Å². The van der Waals surface area contributed by atoms with E-state index in [1.807, 2.05) is 0 Å². The molecule has 1 aliphatic rings. The van der Waals surface area contributed by atoms with Crippen molar-refractivity contribution in [2.24, 2.45) is 22.1 Å². The first-order valence-corrected chi connectivity index (χ1v) is 4.97. The van der Waals surface area contributed by atoms with Crippen LogP contribution in [0, 0.1) is 11.8 Å². The Morgan fingerprint density at radius 1 is 1.07 bits per heavy atom. The van der Waals surface area contributed by atoms with Gasteiger partial charge in [-0.25, -0.2) is 0 Å². The van der Waals surface area contributed by atoms with Gasteiger partial charge in [0, 0.05) is 22.9 Å². The summed E-state index contributed by atoms with van der Waals surface area (Å²) in [6.45, 7) is 0.800. The van der Waals surface area contributed by atoms with Crippen LogP contribution in [0.25, 0.3) is 20.9 Å². The number of azide groups is 2. The Balaban J connectivity index is 2.56. The summed E-state index contributed by atoms with van der Waals surface area (Å²) in [7, 11) is 0. The molecule has 0 saturated heterocycles. The van der Waals surface area contributed by atoms with Gasteiger partial charge in [-0.2, -0.15) is 0 Å². The second-order valence-corrected chi connectivity index (χ2v) is 3.81. The van der Waals surface area contributed by atoms with E-state index in [2.05, 4.69) is 20.1 Å². The second-order valence-electron chi connectivity index (χ2n) is 3.81. The highest BCUT2D eigenvalue weighted by Gasteiger charge is 2.28. The third-order valence-electron chi connectivity index (χ3n) is 2.87. The number of aliphatic hydroxyl groups excluding tert-OH is 1. The van der Waals surface area contributed by atoms with E-state index in [0.29, 0.717) is 19.5 Å². The van der Waals surface area contributed by atoms with Crippen molar-refractivity contribution in [2.75, 3.05) is 13.1 Å². The molecule has 0 aromatic heterocycles. The molecule has 1 fully saturated rings. The molecule has 15 heavy (non-hydrogen) atoms. The average Bonchev–Trinajstić information content (AvgIpc) is 2.25. The van der Waals surface area contributed by atoms with Crippen LogP contribution < -0.4 is 0 Å². The SMILES string of the molecule is [N-]=[N+]=NCC1CCC(O)C[C@H]1CN=[N+]=[N-]. The highest BCUT2D eigenvalue weighted by molar-refractivity contribution is 4.82. The molecule has 0 amide bonds. The van der Waals surface area contributed by atoms with Crippen LogP contribution >= 0.6 is 0 Å². The van der Waals surface area contributed by atoms with Gasteiger partial charge >= 0.3 is 0 Å². The van der Waals surface area contributed by atoms with Crippen LogP contribution in [0.4, 0.5) is 0 Å². The van der Waals surface area contributed by atoms with E-state index >= 15 is 0 Å². The summed E-state index contributed by atoms with van der Waals surface area (Å²) in [5, 5.41) is 16.5. The molecule has 0 spiro atoms. The number of rotatable bonds is 4. The fourth-order valence-electron chi connectivity index (χ4n) is 2.05. The summed E-state index contributed by atoms with van der Waals surface area (Å²) in [5.74, 6) is 0.366. The third kappa shape index (κ3) is 3.67. The van der Waals surface area contributed by atoms with Gasteiger partial charge in [-0.05, 0) is 42.2 Å². The lowest BCUT2D eigenvalue weighted by atomic mass is 9.78. The van der Waals surface area contributed by atoms with Crippen LogP contribution in [-0.2, 0) is 0 Å². The summed E-state index contributed by atoms with van der Waals surface area (Å²) >= 11 is 0. The third-order valence-corrected chi connectivity index (χ3v) is 2.87. The molecule has 1 saturated carbocycles. The van der Waals surface area contributed by atoms with Gasteiger partial charge < -0.3 is 5.11 Å². The zero-order chi connectivity index (χ0) is 11.1. The fourth-order valence-corrected chi connectivity index (χ4v) is 2.05. The van der Waals surface area contributed by atoms with Crippen molar-refractivity contribution in [3.8, 4) is 0 Å². The van der Waals surface area contributed by atoms with Crippen LogP contribution in [0.3, 0.4) is 0 Å². The molecule has 0 bridgehead atoms. The van der Waals surface area contributed by atoms with E-state index < -0.39 is 0 Å². The molecule has 0 aromatic carbocycles. The smallest absolute Gasteiger partial charge is 0.0543 e. The lowest BCUT2D eigenvalue weighted by molar-refractivity contribution is 0.0741. The van der Waals surface area contributed by atoms with Crippen molar-refractivity contribution >= 4 is 0 Å². The lowest BCUT2D eigenvalue weighted by Gasteiger charge is -2.32. The molecule has 0 heterocycles. The highest BCUT2D eigenvalue weighted by Crippen LogP contribution is 2.30. The molecule has 7 nitrogen and oxygen atoms in total. The van der Waals surface area contributed by atoms with Gasteiger partial charge in [-0.1, -0.05) is 10.2 Å². The standard InChI is InChI=1S/C8H14N6O/c9-13-11-4-6-1-2-8(15)3-7(6)5-12-14-10/h6-8,15H,1-5H2/t6?,7-,8?/m0/s1. The molecule has 3 atom stereocenters. The maximum absolute atomic E-state index is 9.48. The van der Waals surface area contributed by atoms with Crippen molar-refractivity contribution in [1.82, 2.24) is 0 Å². The van der Waals surface area contributed by atoms with Crippen LogP contribution in [0.1, 0.15) is 19.3 Å². The van der Waals surface area contributed by atoms with Gasteiger partial charge in [0.25, 0.3) is 0 Å². The van der Waals surface area contributed by atoms with Crippen molar-refractivity contribution in [3.63, 3.8) is 0 Å². The maximum atomic E-state index is 9.48. The van der Waals surface area contributed by atoms with Gasteiger partial charge in [-0.15, -0.1) is 0 Å². The first-order chi connectivity index (χ1) is 7.27. The predicted molar refractivity (Wildman–Crippen MR) is 54.9 cm³/mol. The number of nitrogens with zero attached hydrogens (tertiary/aromatic N) is 6. The summed E-state index contributed by atoms with van der Waals surface area (Å²) in [4.78, 5) is 5.43. The quantitative estimate of drug-likeness (QED) is 0.428. The van der Waals surface area contributed by atoms with Gasteiger partial charge in [0.2, 0.25) is 0 Å². The zero-order valence-corrected chi connectivity index (χ0v) is 8.40. The van der Waals surface area contributed by atoms with Crippen LogP contribution in [0.15, 0.2) is 10.2 Å². The molecular weight excluding hydrogens is 196 g/mol. The van der Waals surface area contributed by atoms with E-state index in [0.717, 1.165) is 12.8 Å². The Kier molecular flexibility index (Phi) is 4.77. The minimum atomic E-state index is -0.314. The van der Waals surface area contributed by atoms with E-state index in [9.17, 15) is 5.11 Å². The first kappa shape index (κ1) is 11.7. The monoisotopic (exact) mass is 210 g/mol. The first-order valence-electron chi connectivity index (χ1n) is 4.97. The highest BCUT2D eigenvalue weighted by atomic mass is 16.3. The van der Waals surface area contributed by atoms with Gasteiger partial charge in [0.05, 0.1) is 6.10 Å². The number of hydrogen-bond donors (Lipinski definition) is 1. The van der Waals surface area contributed by atoms with E-state index in [-0.39, 0.29) is 17.9 Å². The van der Waals surface area contributed by atoms with Crippen LogP contribution in [0.5, 0.6) is 0 Å². The average molecular weight is 210 g/mol. The lowest BCUT2D eigenvalue weighted by Crippen LogP contribution is -2.31. The fraction of sp³-hybridized carbons (Fsp3) is 1.00. The van der Waals surface area contributed by atoms with Crippen molar-refractivity contribution < 1.29 is 5.11 Å². The van der Waals surface area contributed by atoms with Gasteiger partial charge in [0.1, 0.15) is 0 Å². The van der Waals surface area contributed by atoms with E-state index in [1.54, 1.807) is 0 Å². The Morgan fingerprint density at radius 2 is 1.67 bits per heavy atom. The van der Waals surface area contributed by atoms with E-state index in [1.165, 1.54) is 0 Å². The largest absolute Gasteiger partial charge is 0.393 e. The molecule has 0 aromatic rings. The van der Waals surface area contributed by atoms with E-state index in [4.69, 9.17) is 11.1 Å². The number of aliphatic hydroxyl groups is 1. The molecule has 1 rings (SSSR count). The Labute approximate surface area is 87.3 Å². The molecule has 1 N–H and O–H groups in total. The molecule has 2 unspecified atom stereocenters. The van der Waals surface area contributed by atoms with Gasteiger partial charge in [-0.3, -0.25) is 0 Å². The zero-order valence-electron chi connectivity index (χ0n) is 8.40. The normalized spacial score (nSPS) is 30.1. The molecule has 82 valence electrons. The summed E-state index contributed by atoms with van der Waals surface area (Å²) < 4.78 is 0. The maximum Gasteiger partial charge on any atom is 0.0543 e. The van der Waals surface area contributed by atoms with Gasteiger partial charge in [0.15, 0.2) is 0 Å². The second kappa shape index (κ2) is 6.14. The molecule has 1 aliphatic carbocycles. The number of hydrogen-bond acceptors (Lipinski definition) is 3. The Bertz CT molecular complexity index is 294. The molecule has 7 heteroatoms. The molecule has 0 radical (unpaired) electrons. The summed E-state index contributed by atoms with van der Waals surface area (Å²) in [6.07, 6.45) is 1.88. The Morgan fingerprint density at radius 3 is 2.27 bits per heavy atom. The predicted octanol–water partition coefficient (Wildman–Crippen LogP) is 2.38. The molecular formula is C8H14N6O. The van der Waals surface area contributed by atoms with Crippen LogP contribution in [0.2, 0.25) is 0 Å². The van der Waals surface area contributed by atoms with Crippen molar-refractivity contribution in [2.45, 2.75) is 25.4 Å².